The summed E-state index contributed by atoms with van der Waals surface area (Å²) in [5.74, 6) is -0.342. The van der Waals surface area contributed by atoms with Crippen LogP contribution in [0.2, 0.25) is 0 Å². The lowest BCUT2D eigenvalue weighted by Crippen LogP contribution is -2.59. The van der Waals surface area contributed by atoms with E-state index in [9.17, 15) is 30.0 Å². The van der Waals surface area contributed by atoms with E-state index in [1.54, 1.807) is 0 Å². The van der Waals surface area contributed by atoms with Crippen LogP contribution < -0.4 is 5.32 Å². The maximum Gasteiger partial charge on any atom is 0.234 e. The maximum absolute atomic E-state index is 12.4. The molecule has 1 saturated heterocycles. The molecule has 0 spiro atoms. The van der Waals surface area contributed by atoms with Gasteiger partial charge in [0.1, 0.15) is 24.4 Å². The van der Waals surface area contributed by atoms with Crippen molar-refractivity contribution in [3.8, 4) is 0 Å². The molecule has 3 aliphatic rings. The third-order valence-corrected chi connectivity index (χ3v) is 6.42. The highest BCUT2D eigenvalue weighted by Gasteiger charge is 2.45. The predicted octanol–water partition coefficient (Wildman–Crippen LogP) is -1.59. The van der Waals surface area contributed by atoms with E-state index in [2.05, 4.69) is 5.32 Å². The second-order valence-corrected chi connectivity index (χ2v) is 8.19. The number of amides is 1. The number of carbonyl (C=O) groups excluding carboxylic acids is 2. The van der Waals surface area contributed by atoms with Crippen molar-refractivity contribution in [3.05, 3.63) is 22.3 Å². The maximum atomic E-state index is 12.4. The highest BCUT2D eigenvalue weighted by molar-refractivity contribution is 8.03. The quantitative estimate of drug-likeness (QED) is 0.376. The largest absolute Gasteiger partial charge is 0.394 e. The van der Waals surface area contributed by atoms with Crippen LogP contribution in [-0.4, -0.2) is 81.8 Å². The lowest BCUT2D eigenvalue weighted by Gasteiger charge is -2.41. The number of ether oxygens (including phenoxy) is 2. The van der Waals surface area contributed by atoms with Gasteiger partial charge in [-0.2, -0.15) is 0 Å². The van der Waals surface area contributed by atoms with E-state index in [4.69, 9.17) is 9.47 Å². The Morgan fingerprint density at radius 1 is 1.26 bits per heavy atom. The first-order valence-corrected chi connectivity index (χ1v) is 9.50. The Morgan fingerprint density at radius 2 is 1.96 bits per heavy atom. The molecule has 0 aromatic rings. The topological polar surface area (TPSA) is 146 Å². The number of thioether (sulfide) groups is 1. The molecular weight excluding hydrogens is 378 g/mol. The number of aliphatic hydroxyl groups excluding tert-OH is 4. The summed E-state index contributed by atoms with van der Waals surface area (Å²) in [7, 11) is 0. The molecule has 150 valence electrons. The van der Waals surface area contributed by atoms with Crippen LogP contribution in [0.4, 0.5) is 0 Å². The van der Waals surface area contributed by atoms with Crippen LogP contribution in [0.1, 0.15) is 13.8 Å². The van der Waals surface area contributed by atoms with Gasteiger partial charge in [0.15, 0.2) is 6.29 Å². The van der Waals surface area contributed by atoms with Gasteiger partial charge in [-0.15, -0.1) is 11.8 Å². The van der Waals surface area contributed by atoms with E-state index in [1.165, 1.54) is 17.8 Å². The molecule has 0 aromatic carbocycles. The summed E-state index contributed by atoms with van der Waals surface area (Å²) < 4.78 is 10.9. The Hall–Kier alpha value is -1.27. The van der Waals surface area contributed by atoms with Crippen LogP contribution in [-0.2, 0) is 19.1 Å². The average Bonchev–Trinajstić information content (AvgIpc) is 2.63. The zero-order chi connectivity index (χ0) is 19.9. The molecule has 9 nitrogen and oxygen atoms in total. The van der Waals surface area contributed by atoms with Crippen molar-refractivity contribution in [2.45, 2.75) is 44.6 Å². The molecule has 3 rings (SSSR count). The van der Waals surface area contributed by atoms with Gasteiger partial charge in [0, 0.05) is 10.3 Å². The fraction of sp³-hybridized carbons (Fsp3) is 0.647. The number of allylic oxidation sites excluding steroid dienone is 2. The van der Waals surface area contributed by atoms with Gasteiger partial charge < -0.3 is 35.2 Å². The molecule has 5 atom stereocenters. The van der Waals surface area contributed by atoms with Gasteiger partial charge >= 0.3 is 0 Å². The minimum atomic E-state index is -1.53. The van der Waals surface area contributed by atoms with Crippen LogP contribution in [0.3, 0.4) is 0 Å². The van der Waals surface area contributed by atoms with Gasteiger partial charge in [0.2, 0.25) is 11.7 Å². The number of nitrogens with one attached hydrogen (secondary N) is 1. The van der Waals surface area contributed by atoms with E-state index in [1.807, 2.05) is 13.8 Å². The Morgan fingerprint density at radius 3 is 2.63 bits per heavy atom. The van der Waals surface area contributed by atoms with Crippen molar-refractivity contribution in [3.63, 3.8) is 0 Å². The van der Waals surface area contributed by atoms with Crippen LogP contribution >= 0.6 is 11.8 Å². The fourth-order valence-electron chi connectivity index (χ4n) is 3.26. The van der Waals surface area contributed by atoms with Crippen molar-refractivity contribution in [2.75, 3.05) is 19.0 Å². The molecule has 0 aromatic heterocycles. The van der Waals surface area contributed by atoms with Gasteiger partial charge in [-0.1, -0.05) is 13.8 Å². The van der Waals surface area contributed by atoms with Crippen molar-refractivity contribution in [2.24, 2.45) is 5.41 Å². The van der Waals surface area contributed by atoms with Crippen LogP contribution in [0, 0.1) is 5.41 Å². The molecule has 27 heavy (non-hydrogen) atoms. The Bertz CT molecular complexity index is 701. The van der Waals surface area contributed by atoms with Crippen LogP contribution in [0.25, 0.3) is 0 Å². The minimum absolute atomic E-state index is 0.0767. The second-order valence-electron chi connectivity index (χ2n) is 7.21. The molecule has 2 aliphatic heterocycles. The number of rotatable bonds is 4. The summed E-state index contributed by atoms with van der Waals surface area (Å²) in [6.07, 6.45) is -5.47. The van der Waals surface area contributed by atoms with Gasteiger partial charge in [0.05, 0.1) is 24.7 Å². The Kier molecular flexibility index (Phi) is 5.78. The predicted molar refractivity (Wildman–Crippen MR) is 94.2 cm³/mol. The van der Waals surface area contributed by atoms with Gasteiger partial charge in [-0.25, -0.2) is 0 Å². The summed E-state index contributed by atoms with van der Waals surface area (Å²) in [5, 5.41) is 41.6. The summed E-state index contributed by atoms with van der Waals surface area (Å²) >= 11 is 1.30. The highest BCUT2D eigenvalue weighted by atomic mass is 32.2. The van der Waals surface area contributed by atoms with Crippen LogP contribution in [0.5, 0.6) is 0 Å². The van der Waals surface area contributed by atoms with E-state index in [0.717, 1.165) is 4.91 Å². The van der Waals surface area contributed by atoms with Crippen molar-refractivity contribution >= 4 is 23.5 Å². The first-order valence-electron chi connectivity index (χ1n) is 8.51. The van der Waals surface area contributed by atoms with E-state index in [-0.39, 0.29) is 29.7 Å². The van der Waals surface area contributed by atoms with E-state index < -0.39 is 42.7 Å². The third-order valence-electron chi connectivity index (χ3n) is 5.01. The molecule has 1 amide bonds. The number of hydrogen-bond donors (Lipinski definition) is 5. The first-order chi connectivity index (χ1) is 12.7. The van der Waals surface area contributed by atoms with E-state index >= 15 is 0 Å². The number of carbonyl (C=O) groups is 2. The summed E-state index contributed by atoms with van der Waals surface area (Å²) in [5.41, 5.74) is 0.306. The molecule has 0 unspecified atom stereocenters. The monoisotopic (exact) mass is 401 g/mol. The van der Waals surface area contributed by atoms with Crippen molar-refractivity contribution in [1.82, 2.24) is 5.32 Å². The standard InChI is InChI=1S/C17H23NO8S/c1-17(2)7(3-8(20)11-15(17)27-6-10(21)18-11)5-25-16-14(24)13(23)12(22)9(4-19)26-16/h3,9,12-14,16,19,22-24H,4-6H2,1-2H3,(H,18,21)/t9-,12-,13-,14-,16+/m1/s1. The molecular formula is C17H23NO8S. The summed E-state index contributed by atoms with van der Waals surface area (Å²) in [4.78, 5) is 24.7. The van der Waals surface area contributed by atoms with Gasteiger partial charge in [0.25, 0.3) is 0 Å². The van der Waals surface area contributed by atoms with Gasteiger partial charge in [-0.3, -0.25) is 9.59 Å². The highest BCUT2D eigenvalue weighted by Crippen LogP contribution is 2.47. The lowest BCUT2D eigenvalue weighted by atomic mass is 9.78. The van der Waals surface area contributed by atoms with Gasteiger partial charge in [-0.05, 0) is 11.6 Å². The zero-order valence-electron chi connectivity index (χ0n) is 14.9. The molecule has 2 heterocycles. The third kappa shape index (κ3) is 3.70. The SMILES string of the molecule is CC1(C)C(CO[C@H]2O[C@H](CO)[C@@H](O)[C@@H](O)[C@H]2O)=CC(=O)C2=C1SCC(=O)N2. The molecule has 10 heteroatoms. The molecule has 0 radical (unpaired) electrons. The van der Waals surface area contributed by atoms with Crippen molar-refractivity contribution < 1.29 is 39.5 Å². The number of ketones is 1. The molecule has 1 aliphatic carbocycles. The lowest BCUT2D eigenvalue weighted by molar-refractivity contribution is -0.299. The van der Waals surface area contributed by atoms with E-state index in [0.29, 0.717) is 5.57 Å². The fourth-order valence-corrected chi connectivity index (χ4v) is 4.40. The molecule has 0 saturated carbocycles. The molecule has 5 N–H and O–H groups in total. The minimum Gasteiger partial charge on any atom is -0.394 e. The first kappa shape index (κ1) is 20.5. The van der Waals surface area contributed by atoms with Crippen LogP contribution in [0.15, 0.2) is 22.3 Å². The second kappa shape index (κ2) is 7.63. The number of aliphatic hydroxyl groups is 4. The zero-order valence-corrected chi connectivity index (χ0v) is 15.7. The molecule has 0 bridgehead atoms. The van der Waals surface area contributed by atoms with Crippen molar-refractivity contribution in [1.29, 1.82) is 0 Å². The Labute approximate surface area is 160 Å². The smallest absolute Gasteiger partial charge is 0.234 e. The summed E-state index contributed by atoms with van der Waals surface area (Å²) in [6.45, 7) is 3.15. The Balaban J connectivity index is 1.74. The number of hydrogen-bond acceptors (Lipinski definition) is 9. The normalized spacial score (nSPS) is 36.2. The molecule has 1 fully saturated rings. The summed E-state index contributed by atoms with van der Waals surface area (Å²) in [6, 6.07) is 0. The average molecular weight is 401 g/mol.